The molecule has 1 atom stereocenters. The molecule has 28 heavy (non-hydrogen) atoms. The summed E-state index contributed by atoms with van der Waals surface area (Å²) in [5.74, 6) is 0.917. The normalized spacial score (nSPS) is 15.7. The molecule has 1 aliphatic rings. The predicted octanol–water partition coefficient (Wildman–Crippen LogP) is 6.09. The fourth-order valence-electron chi connectivity index (χ4n) is 3.70. The monoisotopic (exact) mass is 387 g/mol. The van der Waals surface area contributed by atoms with Crippen LogP contribution in [0.2, 0.25) is 0 Å². The Hall–Kier alpha value is -2.52. The summed E-state index contributed by atoms with van der Waals surface area (Å²) in [4.78, 5) is 14.0. The van der Waals surface area contributed by atoms with E-state index in [1.807, 2.05) is 23.9 Å². The molecule has 0 fully saturated rings. The SMILES string of the molecule is Cc1ccc(SCc2ccc(C(=O)N[C@H]3CCCc4ccccc43)cc2)cc1. The van der Waals surface area contributed by atoms with E-state index in [0.717, 1.165) is 30.6 Å². The lowest BCUT2D eigenvalue weighted by atomic mass is 9.87. The fraction of sp³-hybridized carbons (Fsp3) is 0.240. The molecule has 1 amide bonds. The molecule has 3 aromatic carbocycles. The zero-order valence-corrected chi connectivity index (χ0v) is 17.0. The Labute approximate surface area is 171 Å². The van der Waals surface area contributed by atoms with Gasteiger partial charge in [0, 0.05) is 16.2 Å². The molecular formula is C25H25NOS. The van der Waals surface area contributed by atoms with E-state index >= 15 is 0 Å². The van der Waals surface area contributed by atoms with Gasteiger partial charge in [-0.05, 0) is 67.1 Å². The largest absolute Gasteiger partial charge is 0.345 e. The first kappa shape index (κ1) is 18.8. The minimum atomic E-state index is 0.0134. The summed E-state index contributed by atoms with van der Waals surface area (Å²) >= 11 is 1.82. The Balaban J connectivity index is 1.37. The van der Waals surface area contributed by atoms with Crippen molar-refractivity contribution in [2.75, 3.05) is 0 Å². The molecule has 0 saturated carbocycles. The molecule has 3 heteroatoms. The van der Waals surface area contributed by atoms with E-state index in [-0.39, 0.29) is 11.9 Å². The van der Waals surface area contributed by atoms with Crippen molar-refractivity contribution in [3.63, 3.8) is 0 Å². The van der Waals surface area contributed by atoms with Crippen LogP contribution in [0, 0.1) is 6.92 Å². The first-order valence-electron chi connectivity index (χ1n) is 9.86. The van der Waals surface area contributed by atoms with Crippen LogP contribution in [-0.4, -0.2) is 5.91 Å². The number of carbonyl (C=O) groups excluding carboxylic acids is 1. The smallest absolute Gasteiger partial charge is 0.251 e. The number of fused-ring (bicyclic) bond motifs is 1. The first-order valence-corrected chi connectivity index (χ1v) is 10.8. The summed E-state index contributed by atoms with van der Waals surface area (Å²) in [6.45, 7) is 2.10. The topological polar surface area (TPSA) is 29.1 Å². The highest BCUT2D eigenvalue weighted by atomic mass is 32.2. The molecule has 0 unspecified atom stereocenters. The van der Waals surface area contributed by atoms with Crippen LogP contribution in [0.3, 0.4) is 0 Å². The van der Waals surface area contributed by atoms with Crippen LogP contribution in [0.5, 0.6) is 0 Å². The van der Waals surface area contributed by atoms with Crippen LogP contribution in [0.25, 0.3) is 0 Å². The number of nitrogens with one attached hydrogen (secondary N) is 1. The summed E-state index contributed by atoms with van der Waals surface area (Å²) in [5, 5.41) is 3.23. The third-order valence-electron chi connectivity index (χ3n) is 5.32. The standard InChI is InChI=1S/C25H25NOS/c1-18-9-15-22(16-10-18)28-17-19-11-13-21(14-12-19)25(27)26-24-8-4-6-20-5-2-3-7-23(20)24/h2-3,5,7,9-16,24H,4,6,8,17H2,1H3,(H,26,27)/t24-/m0/s1. The third-order valence-corrected chi connectivity index (χ3v) is 6.40. The maximum atomic E-state index is 12.7. The molecular weight excluding hydrogens is 362 g/mol. The second-order valence-corrected chi connectivity index (χ2v) is 8.46. The zero-order chi connectivity index (χ0) is 19.3. The molecule has 0 heterocycles. The summed E-state index contributed by atoms with van der Waals surface area (Å²) in [7, 11) is 0. The van der Waals surface area contributed by atoms with Crippen molar-refractivity contribution in [1.29, 1.82) is 0 Å². The van der Waals surface area contributed by atoms with Gasteiger partial charge >= 0.3 is 0 Å². The van der Waals surface area contributed by atoms with E-state index in [2.05, 4.69) is 72.9 Å². The molecule has 0 spiro atoms. The van der Waals surface area contributed by atoms with Crippen molar-refractivity contribution in [1.82, 2.24) is 5.32 Å². The predicted molar refractivity (Wildman–Crippen MR) is 117 cm³/mol. The molecule has 0 aromatic heterocycles. The quantitative estimate of drug-likeness (QED) is 0.536. The molecule has 142 valence electrons. The van der Waals surface area contributed by atoms with Gasteiger partial charge in [0.05, 0.1) is 6.04 Å². The van der Waals surface area contributed by atoms with Crippen molar-refractivity contribution in [2.45, 2.75) is 42.9 Å². The van der Waals surface area contributed by atoms with Crippen LogP contribution >= 0.6 is 11.8 Å². The molecule has 3 aromatic rings. The zero-order valence-electron chi connectivity index (χ0n) is 16.2. The second-order valence-electron chi connectivity index (χ2n) is 7.42. The Morgan fingerprint density at radius 2 is 1.75 bits per heavy atom. The van der Waals surface area contributed by atoms with E-state index in [0.29, 0.717) is 0 Å². The average molecular weight is 388 g/mol. The van der Waals surface area contributed by atoms with Gasteiger partial charge in [0.2, 0.25) is 0 Å². The van der Waals surface area contributed by atoms with Crippen molar-refractivity contribution in [3.05, 3.63) is 101 Å². The van der Waals surface area contributed by atoms with Gasteiger partial charge in [-0.2, -0.15) is 0 Å². The van der Waals surface area contributed by atoms with E-state index in [1.165, 1.54) is 27.1 Å². The summed E-state index contributed by atoms with van der Waals surface area (Å²) in [5.41, 5.74) is 5.87. The lowest BCUT2D eigenvalue weighted by molar-refractivity contribution is 0.0932. The molecule has 0 saturated heterocycles. The Kier molecular flexibility index (Phi) is 5.82. The number of carbonyl (C=O) groups is 1. The lowest BCUT2D eigenvalue weighted by Gasteiger charge is -2.26. The molecule has 0 bridgehead atoms. The van der Waals surface area contributed by atoms with E-state index in [4.69, 9.17) is 0 Å². The molecule has 1 aliphatic carbocycles. The minimum absolute atomic E-state index is 0.0134. The van der Waals surface area contributed by atoms with Gasteiger partial charge in [-0.25, -0.2) is 0 Å². The van der Waals surface area contributed by atoms with Gasteiger partial charge in [-0.15, -0.1) is 11.8 Å². The van der Waals surface area contributed by atoms with Gasteiger partial charge in [0.1, 0.15) is 0 Å². The van der Waals surface area contributed by atoms with Crippen LogP contribution in [0.15, 0.2) is 77.7 Å². The summed E-state index contributed by atoms with van der Waals surface area (Å²) in [6.07, 6.45) is 3.24. The number of thioether (sulfide) groups is 1. The number of hydrogen-bond donors (Lipinski definition) is 1. The summed E-state index contributed by atoms with van der Waals surface area (Å²) < 4.78 is 0. The van der Waals surface area contributed by atoms with Crippen molar-refractivity contribution in [2.24, 2.45) is 0 Å². The Morgan fingerprint density at radius 1 is 1.00 bits per heavy atom. The van der Waals surface area contributed by atoms with Crippen LogP contribution in [-0.2, 0) is 12.2 Å². The van der Waals surface area contributed by atoms with Gasteiger partial charge in [0.25, 0.3) is 5.91 Å². The summed E-state index contributed by atoms with van der Waals surface area (Å²) in [6, 6.07) is 25.2. The lowest BCUT2D eigenvalue weighted by Crippen LogP contribution is -2.30. The third kappa shape index (κ3) is 4.48. The molecule has 4 rings (SSSR count). The number of benzene rings is 3. The van der Waals surface area contributed by atoms with E-state index in [9.17, 15) is 4.79 Å². The van der Waals surface area contributed by atoms with Crippen molar-refractivity contribution in [3.8, 4) is 0 Å². The maximum absolute atomic E-state index is 12.7. The highest BCUT2D eigenvalue weighted by Gasteiger charge is 2.21. The number of rotatable bonds is 5. The highest BCUT2D eigenvalue weighted by Crippen LogP contribution is 2.30. The first-order chi connectivity index (χ1) is 13.7. The van der Waals surface area contributed by atoms with Crippen LogP contribution in [0.4, 0.5) is 0 Å². The molecule has 0 radical (unpaired) electrons. The van der Waals surface area contributed by atoms with Gasteiger partial charge < -0.3 is 5.32 Å². The number of amides is 1. The molecule has 2 nitrogen and oxygen atoms in total. The Morgan fingerprint density at radius 3 is 2.54 bits per heavy atom. The van der Waals surface area contributed by atoms with E-state index in [1.54, 1.807) is 0 Å². The Bertz CT molecular complexity index is 947. The average Bonchev–Trinajstić information content (AvgIpc) is 2.74. The fourth-order valence-corrected chi connectivity index (χ4v) is 4.55. The van der Waals surface area contributed by atoms with Crippen molar-refractivity contribution < 1.29 is 4.79 Å². The van der Waals surface area contributed by atoms with Gasteiger partial charge in [-0.1, -0.05) is 54.1 Å². The van der Waals surface area contributed by atoms with Crippen LogP contribution in [0.1, 0.15) is 51.5 Å². The van der Waals surface area contributed by atoms with Gasteiger partial charge in [-0.3, -0.25) is 4.79 Å². The second kappa shape index (κ2) is 8.66. The van der Waals surface area contributed by atoms with Crippen LogP contribution < -0.4 is 5.32 Å². The van der Waals surface area contributed by atoms with Gasteiger partial charge in [0.15, 0.2) is 0 Å². The molecule has 0 aliphatic heterocycles. The molecule has 1 N–H and O–H groups in total. The number of hydrogen-bond acceptors (Lipinski definition) is 2. The maximum Gasteiger partial charge on any atom is 0.251 e. The minimum Gasteiger partial charge on any atom is -0.345 e. The number of aryl methyl sites for hydroxylation is 2. The van der Waals surface area contributed by atoms with Crippen molar-refractivity contribution >= 4 is 17.7 Å². The highest BCUT2D eigenvalue weighted by molar-refractivity contribution is 7.98. The van der Waals surface area contributed by atoms with E-state index < -0.39 is 0 Å².